The zero-order chi connectivity index (χ0) is 23.8. The van der Waals surface area contributed by atoms with Crippen LogP contribution in [0, 0.1) is 33.2 Å². The molecule has 0 unspecified atom stereocenters. The van der Waals surface area contributed by atoms with E-state index in [1.54, 1.807) is 6.07 Å². The quantitative estimate of drug-likeness (QED) is 0.320. The van der Waals surface area contributed by atoms with E-state index in [1.165, 1.54) is 35.5 Å². The molecule has 0 saturated carbocycles. The Morgan fingerprint density at radius 2 is 2.18 bits per heavy atom. The first-order valence-electron chi connectivity index (χ1n) is 9.82. The van der Waals surface area contributed by atoms with E-state index in [9.17, 15) is 19.3 Å². The van der Waals surface area contributed by atoms with Gasteiger partial charge in [0.25, 0.3) is 5.69 Å². The molecule has 168 valence electrons. The molecule has 2 heterocycles. The number of nitro benzene ring substituents is 1. The summed E-state index contributed by atoms with van der Waals surface area (Å²) in [5.41, 5.74) is -0.319. The van der Waals surface area contributed by atoms with Gasteiger partial charge < -0.3 is 15.3 Å². The molecule has 2 aromatic carbocycles. The van der Waals surface area contributed by atoms with Gasteiger partial charge in [0.2, 0.25) is 0 Å². The third-order valence-corrected chi connectivity index (χ3v) is 5.69. The van der Waals surface area contributed by atoms with Crippen LogP contribution in [0.4, 0.5) is 26.4 Å². The van der Waals surface area contributed by atoms with Crippen molar-refractivity contribution >= 4 is 45.8 Å². The van der Waals surface area contributed by atoms with Gasteiger partial charge in [-0.2, -0.15) is 0 Å². The second-order valence-corrected chi connectivity index (χ2v) is 8.26. The van der Waals surface area contributed by atoms with Crippen LogP contribution in [0.3, 0.4) is 0 Å². The summed E-state index contributed by atoms with van der Waals surface area (Å²) in [6.07, 6.45) is 0.749. The van der Waals surface area contributed by atoms with Crippen LogP contribution < -0.4 is 5.32 Å². The van der Waals surface area contributed by atoms with Crippen molar-refractivity contribution in [3.05, 3.63) is 63.2 Å². The van der Waals surface area contributed by atoms with Crippen molar-refractivity contribution in [3.63, 3.8) is 0 Å². The molecular formula is C22H17ClFN5O4. The molecular weight excluding hydrogens is 453 g/mol. The number of rotatable bonds is 3. The SMILES string of the molecule is C[C@@]1(C#Cc2cc3ncnc(Nc4cccc(Cl)c4F)c3cc2[N+](=O)[O-])CCN(C(=O)O)C1. The van der Waals surface area contributed by atoms with Crippen molar-refractivity contribution in [2.45, 2.75) is 13.3 Å². The van der Waals surface area contributed by atoms with Gasteiger partial charge >= 0.3 is 6.09 Å². The number of aromatic nitrogens is 2. The summed E-state index contributed by atoms with van der Waals surface area (Å²) in [5, 5.41) is 24.0. The average molecular weight is 470 g/mol. The number of fused-ring (bicyclic) bond motifs is 1. The third kappa shape index (κ3) is 4.49. The topological polar surface area (TPSA) is 121 Å². The lowest BCUT2D eigenvalue weighted by Gasteiger charge is -2.16. The van der Waals surface area contributed by atoms with Crippen molar-refractivity contribution in [2.24, 2.45) is 5.41 Å². The summed E-state index contributed by atoms with van der Waals surface area (Å²) in [6.45, 7) is 2.39. The highest BCUT2D eigenvalue weighted by molar-refractivity contribution is 6.31. The van der Waals surface area contributed by atoms with Crippen LogP contribution in [-0.2, 0) is 0 Å². The van der Waals surface area contributed by atoms with E-state index in [2.05, 4.69) is 27.1 Å². The molecule has 0 aliphatic carbocycles. The van der Waals surface area contributed by atoms with Crippen molar-refractivity contribution in [2.75, 3.05) is 18.4 Å². The molecule has 1 aliphatic rings. The van der Waals surface area contributed by atoms with Gasteiger partial charge in [0.1, 0.15) is 17.7 Å². The number of halogens is 2. The normalized spacial score (nSPS) is 17.5. The Labute approximate surface area is 192 Å². The molecule has 1 atom stereocenters. The lowest BCUT2D eigenvalue weighted by Crippen LogP contribution is -2.29. The number of hydrogen-bond acceptors (Lipinski definition) is 6. The first kappa shape index (κ1) is 22.2. The number of hydrogen-bond donors (Lipinski definition) is 2. The number of likely N-dealkylation sites (tertiary alicyclic amines) is 1. The Kier molecular flexibility index (Phi) is 5.74. The minimum Gasteiger partial charge on any atom is -0.465 e. The Bertz CT molecular complexity index is 1360. The number of anilines is 2. The molecule has 1 amide bonds. The van der Waals surface area contributed by atoms with Gasteiger partial charge in [-0.25, -0.2) is 19.2 Å². The molecule has 1 fully saturated rings. The molecule has 33 heavy (non-hydrogen) atoms. The number of nitrogens with one attached hydrogen (secondary N) is 1. The maximum Gasteiger partial charge on any atom is 0.407 e. The standard InChI is InChI=1S/C22H17ClFN5O4/c1-22(7-8-28(11-22)21(30)31)6-5-13-9-17-14(10-18(13)29(32)33)20(26-12-25-17)27-16-4-2-3-15(23)19(16)24/h2-4,9-10,12H,7-8,11H2,1H3,(H,30,31)(H,25,26,27)/t22-/m1/s1. The smallest absolute Gasteiger partial charge is 0.407 e. The third-order valence-electron chi connectivity index (χ3n) is 5.40. The van der Waals surface area contributed by atoms with Gasteiger partial charge in [-0.15, -0.1) is 0 Å². The molecule has 11 heteroatoms. The second kappa shape index (κ2) is 8.52. The first-order valence-corrected chi connectivity index (χ1v) is 10.2. The van der Waals surface area contributed by atoms with E-state index in [0.717, 1.165) is 0 Å². The molecule has 0 radical (unpaired) electrons. The maximum absolute atomic E-state index is 14.3. The van der Waals surface area contributed by atoms with Gasteiger partial charge in [-0.3, -0.25) is 10.1 Å². The highest BCUT2D eigenvalue weighted by Crippen LogP contribution is 2.33. The molecule has 1 aliphatic heterocycles. The molecule has 2 N–H and O–H groups in total. The lowest BCUT2D eigenvalue weighted by molar-refractivity contribution is -0.385. The van der Waals surface area contributed by atoms with E-state index in [0.29, 0.717) is 23.9 Å². The fourth-order valence-corrected chi connectivity index (χ4v) is 3.79. The van der Waals surface area contributed by atoms with Gasteiger partial charge in [-0.1, -0.05) is 29.5 Å². The molecule has 9 nitrogen and oxygen atoms in total. The van der Waals surface area contributed by atoms with E-state index < -0.39 is 22.2 Å². The van der Waals surface area contributed by atoms with E-state index in [4.69, 9.17) is 16.7 Å². The fourth-order valence-electron chi connectivity index (χ4n) is 3.61. The van der Waals surface area contributed by atoms with Gasteiger partial charge in [0.15, 0.2) is 5.82 Å². The summed E-state index contributed by atoms with van der Waals surface area (Å²) in [5.74, 6) is 5.34. The highest BCUT2D eigenvalue weighted by atomic mass is 35.5. The molecule has 1 saturated heterocycles. The van der Waals surface area contributed by atoms with Gasteiger partial charge in [-0.05, 0) is 31.5 Å². The number of carbonyl (C=O) groups is 1. The Morgan fingerprint density at radius 3 is 2.88 bits per heavy atom. The summed E-state index contributed by atoms with van der Waals surface area (Å²) in [4.78, 5) is 31.9. The summed E-state index contributed by atoms with van der Waals surface area (Å²) in [6, 6.07) is 7.17. The number of benzene rings is 2. The summed E-state index contributed by atoms with van der Waals surface area (Å²) >= 11 is 5.82. The van der Waals surface area contributed by atoms with Crippen LogP contribution in [0.1, 0.15) is 18.9 Å². The van der Waals surface area contributed by atoms with E-state index >= 15 is 0 Å². The van der Waals surface area contributed by atoms with Crippen molar-refractivity contribution in [1.29, 1.82) is 0 Å². The zero-order valence-electron chi connectivity index (χ0n) is 17.3. The monoisotopic (exact) mass is 469 g/mol. The second-order valence-electron chi connectivity index (χ2n) is 7.86. The van der Waals surface area contributed by atoms with E-state index in [-0.39, 0.29) is 34.3 Å². The first-order chi connectivity index (χ1) is 15.7. The fraction of sp³-hybridized carbons (Fsp3) is 0.227. The van der Waals surface area contributed by atoms with Gasteiger partial charge in [0, 0.05) is 30.0 Å². The predicted molar refractivity (Wildman–Crippen MR) is 120 cm³/mol. The van der Waals surface area contributed by atoms with Crippen LogP contribution in [0.5, 0.6) is 0 Å². The maximum atomic E-state index is 14.3. The summed E-state index contributed by atoms with van der Waals surface area (Å²) in [7, 11) is 0. The van der Waals surface area contributed by atoms with Crippen LogP contribution in [0.2, 0.25) is 5.02 Å². The molecule has 0 bridgehead atoms. The minimum atomic E-state index is -1.02. The van der Waals surface area contributed by atoms with Crippen LogP contribution >= 0.6 is 11.6 Å². The Balaban J connectivity index is 1.75. The highest BCUT2D eigenvalue weighted by Gasteiger charge is 2.34. The van der Waals surface area contributed by atoms with Crippen molar-refractivity contribution < 1.29 is 19.2 Å². The number of nitrogens with zero attached hydrogens (tertiary/aromatic N) is 4. The number of nitro groups is 1. The van der Waals surface area contributed by atoms with Crippen LogP contribution in [0.15, 0.2) is 36.7 Å². The predicted octanol–water partition coefficient (Wildman–Crippen LogP) is 4.82. The molecule has 1 aromatic heterocycles. The minimum absolute atomic E-state index is 0.0613. The Morgan fingerprint density at radius 1 is 1.39 bits per heavy atom. The molecule has 0 spiro atoms. The van der Waals surface area contributed by atoms with Crippen molar-refractivity contribution in [3.8, 4) is 11.8 Å². The average Bonchev–Trinajstić information content (AvgIpc) is 3.18. The number of carboxylic acid groups (broad SMARTS) is 1. The van der Waals surface area contributed by atoms with Crippen molar-refractivity contribution in [1.82, 2.24) is 14.9 Å². The molecule has 3 aromatic rings. The molecule has 4 rings (SSSR count). The summed E-state index contributed by atoms with van der Waals surface area (Å²) < 4.78 is 14.3. The Hall–Kier alpha value is -3.97. The zero-order valence-corrected chi connectivity index (χ0v) is 18.1. The van der Waals surface area contributed by atoms with Crippen LogP contribution in [0.25, 0.3) is 10.9 Å². The lowest BCUT2D eigenvalue weighted by atomic mass is 9.90. The largest absolute Gasteiger partial charge is 0.465 e. The van der Waals surface area contributed by atoms with Crippen LogP contribution in [-0.4, -0.2) is 44.1 Å². The van der Waals surface area contributed by atoms with Gasteiger partial charge in [0.05, 0.1) is 21.2 Å². The van der Waals surface area contributed by atoms with E-state index in [1.807, 2.05) is 6.92 Å². The number of amides is 1.